The zero-order valence-electron chi connectivity index (χ0n) is 13.4. The summed E-state index contributed by atoms with van der Waals surface area (Å²) in [5, 5.41) is 0. The van der Waals surface area contributed by atoms with Crippen molar-refractivity contribution in [2.45, 2.75) is 39.3 Å². The minimum absolute atomic E-state index is 0.155. The Kier molecular flexibility index (Phi) is 5.37. The van der Waals surface area contributed by atoms with Crippen molar-refractivity contribution in [2.24, 2.45) is 5.73 Å². The van der Waals surface area contributed by atoms with Gasteiger partial charge in [0.05, 0.1) is 6.04 Å². The largest absolute Gasteiger partial charge is 0.368 e. The number of rotatable bonds is 5. The van der Waals surface area contributed by atoms with Gasteiger partial charge in [-0.1, -0.05) is 38.1 Å². The van der Waals surface area contributed by atoms with Crippen molar-refractivity contribution in [3.05, 3.63) is 35.4 Å². The van der Waals surface area contributed by atoms with Gasteiger partial charge in [-0.15, -0.1) is 0 Å². The molecule has 21 heavy (non-hydrogen) atoms. The van der Waals surface area contributed by atoms with Crippen molar-refractivity contribution < 1.29 is 4.79 Å². The Morgan fingerprint density at radius 3 is 2.14 bits per heavy atom. The minimum Gasteiger partial charge on any atom is -0.368 e. The Balaban J connectivity index is 1.84. The third-order valence-electron chi connectivity index (χ3n) is 4.42. The topological polar surface area (TPSA) is 49.6 Å². The molecular formula is C17H27N3O. The summed E-state index contributed by atoms with van der Waals surface area (Å²) in [6.45, 7) is 11.1. The number of nitrogens with two attached hydrogens (primary N) is 1. The predicted octanol–water partition coefficient (Wildman–Crippen LogP) is 1.80. The summed E-state index contributed by atoms with van der Waals surface area (Å²) < 4.78 is 0. The van der Waals surface area contributed by atoms with Gasteiger partial charge >= 0.3 is 0 Å². The summed E-state index contributed by atoms with van der Waals surface area (Å²) >= 11 is 0. The quantitative estimate of drug-likeness (QED) is 0.899. The summed E-state index contributed by atoms with van der Waals surface area (Å²) in [7, 11) is 0. The van der Waals surface area contributed by atoms with Crippen LogP contribution in [0.15, 0.2) is 24.3 Å². The average Bonchev–Trinajstić information content (AvgIpc) is 2.47. The SMILES string of the molecule is CC(C)c1ccc(CN2CCN(C(C)C(N)=O)CC2)cc1. The summed E-state index contributed by atoms with van der Waals surface area (Å²) in [5.41, 5.74) is 8.11. The van der Waals surface area contributed by atoms with Crippen LogP contribution in [0.5, 0.6) is 0 Å². The molecule has 1 amide bonds. The highest BCUT2D eigenvalue weighted by molar-refractivity contribution is 5.79. The molecule has 0 bridgehead atoms. The number of benzene rings is 1. The minimum atomic E-state index is -0.229. The van der Waals surface area contributed by atoms with Crippen LogP contribution in [0.3, 0.4) is 0 Å². The molecule has 1 fully saturated rings. The standard InChI is InChI=1S/C17H27N3O/c1-13(2)16-6-4-15(5-7-16)12-19-8-10-20(11-9-19)14(3)17(18)21/h4-7,13-14H,8-12H2,1-3H3,(H2,18,21). The van der Waals surface area contributed by atoms with Crippen LogP contribution in [0.2, 0.25) is 0 Å². The number of piperazine rings is 1. The van der Waals surface area contributed by atoms with Gasteiger partial charge in [-0.2, -0.15) is 0 Å². The van der Waals surface area contributed by atoms with E-state index in [1.807, 2.05) is 6.92 Å². The highest BCUT2D eigenvalue weighted by atomic mass is 16.1. The predicted molar refractivity (Wildman–Crippen MR) is 86.0 cm³/mol. The Morgan fingerprint density at radius 2 is 1.67 bits per heavy atom. The third-order valence-corrected chi connectivity index (χ3v) is 4.42. The van der Waals surface area contributed by atoms with Crippen LogP contribution in [0.4, 0.5) is 0 Å². The second-order valence-electron chi connectivity index (χ2n) is 6.29. The number of hydrogen-bond acceptors (Lipinski definition) is 3. The van der Waals surface area contributed by atoms with Crippen LogP contribution < -0.4 is 5.73 Å². The van der Waals surface area contributed by atoms with Gasteiger partial charge in [0.2, 0.25) is 5.91 Å². The first-order valence-electron chi connectivity index (χ1n) is 7.82. The second kappa shape index (κ2) is 7.05. The molecule has 1 aliphatic rings. The molecule has 1 aromatic carbocycles. The van der Waals surface area contributed by atoms with E-state index in [1.54, 1.807) is 0 Å². The number of nitrogens with zero attached hydrogens (tertiary/aromatic N) is 2. The molecule has 1 unspecified atom stereocenters. The van der Waals surface area contributed by atoms with E-state index in [0.717, 1.165) is 32.7 Å². The highest BCUT2D eigenvalue weighted by Gasteiger charge is 2.23. The number of hydrogen-bond donors (Lipinski definition) is 1. The lowest BCUT2D eigenvalue weighted by molar-refractivity contribution is -0.123. The van der Waals surface area contributed by atoms with Crippen LogP contribution in [-0.4, -0.2) is 47.9 Å². The van der Waals surface area contributed by atoms with Gasteiger partial charge < -0.3 is 5.73 Å². The smallest absolute Gasteiger partial charge is 0.234 e. The van der Waals surface area contributed by atoms with E-state index < -0.39 is 0 Å². The van der Waals surface area contributed by atoms with Gasteiger partial charge in [0.1, 0.15) is 0 Å². The average molecular weight is 289 g/mol. The maximum absolute atomic E-state index is 11.2. The van der Waals surface area contributed by atoms with Crippen molar-refractivity contribution in [1.29, 1.82) is 0 Å². The summed E-state index contributed by atoms with van der Waals surface area (Å²) in [6, 6.07) is 8.76. The summed E-state index contributed by atoms with van der Waals surface area (Å²) in [6.07, 6.45) is 0. The Morgan fingerprint density at radius 1 is 1.10 bits per heavy atom. The maximum Gasteiger partial charge on any atom is 0.234 e. The lowest BCUT2D eigenvalue weighted by Crippen LogP contribution is -2.52. The molecule has 2 rings (SSSR count). The molecule has 0 spiro atoms. The molecule has 4 heteroatoms. The zero-order valence-corrected chi connectivity index (χ0v) is 13.4. The first-order valence-corrected chi connectivity index (χ1v) is 7.82. The summed E-state index contributed by atoms with van der Waals surface area (Å²) in [5.74, 6) is 0.352. The zero-order chi connectivity index (χ0) is 15.4. The number of amides is 1. The van der Waals surface area contributed by atoms with E-state index in [4.69, 9.17) is 5.73 Å². The van der Waals surface area contributed by atoms with Gasteiger partial charge in [0, 0.05) is 32.7 Å². The number of carbonyl (C=O) groups is 1. The molecule has 1 atom stereocenters. The normalized spacial score (nSPS) is 18.9. The molecule has 116 valence electrons. The molecule has 0 aliphatic carbocycles. The van der Waals surface area contributed by atoms with Gasteiger partial charge in [0.15, 0.2) is 0 Å². The van der Waals surface area contributed by atoms with Crippen LogP contribution in [-0.2, 0) is 11.3 Å². The van der Waals surface area contributed by atoms with E-state index in [0.29, 0.717) is 5.92 Å². The van der Waals surface area contributed by atoms with E-state index in [9.17, 15) is 4.79 Å². The van der Waals surface area contributed by atoms with E-state index in [1.165, 1.54) is 11.1 Å². The third kappa shape index (κ3) is 4.29. The summed E-state index contributed by atoms with van der Waals surface area (Å²) in [4.78, 5) is 15.8. The van der Waals surface area contributed by atoms with Crippen molar-refractivity contribution >= 4 is 5.91 Å². The molecular weight excluding hydrogens is 262 g/mol. The van der Waals surface area contributed by atoms with E-state index >= 15 is 0 Å². The van der Waals surface area contributed by atoms with Crippen molar-refractivity contribution in [1.82, 2.24) is 9.80 Å². The molecule has 1 heterocycles. The number of carbonyl (C=O) groups excluding carboxylic acids is 1. The van der Waals surface area contributed by atoms with Crippen molar-refractivity contribution in [2.75, 3.05) is 26.2 Å². The molecule has 1 aliphatic heterocycles. The molecule has 2 N–H and O–H groups in total. The van der Waals surface area contributed by atoms with Gasteiger partial charge in [-0.25, -0.2) is 0 Å². The monoisotopic (exact) mass is 289 g/mol. The van der Waals surface area contributed by atoms with Gasteiger partial charge in [-0.3, -0.25) is 14.6 Å². The fraction of sp³-hybridized carbons (Fsp3) is 0.588. The molecule has 0 radical (unpaired) electrons. The maximum atomic E-state index is 11.2. The molecule has 4 nitrogen and oxygen atoms in total. The van der Waals surface area contributed by atoms with Gasteiger partial charge in [0.25, 0.3) is 0 Å². The van der Waals surface area contributed by atoms with Crippen LogP contribution in [0, 0.1) is 0 Å². The van der Waals surface area contributed by atoms with E-state index in [2.05, 4.69) is 47.9 Å². The second-order valence-corrected chi connectivity index (χ2v) is 6.29. The Bertz CT molecular complexity index is 461. The Labute approximate surface area is 127 Å². The molecule has 0 saturated carbocycles. The van der Waals surface area contributed by atoms with Crippen molar-refractivity contribution in [3.8, 4) is 0 Å². The van der Waals surface area contributed by atoms with E-state index in [-0.39, 0.29) is 11.9 Å². The lowest BCUT2D eigenvalue weighted by atomic mass is 10.0. The molecule has 1 saturated heterocycles. The molecule has 1 aromatic rings. The van der Waals surface area contributed by atoms with Crippen LogP contribution >= 0.6 is 0 Å². The highest BCUT2D eigenvalue weighted by Crippen LogP contribution is 2.16. The first-order chi connectivity index (χ1) is 9.97. The van der Waals surface area contributed by atoms with Crippen LogP contribution in [0.25, 0.3) is 0 Å². The van der Waals surface area contributed by atoms with Gasteiger partial charge in [-0.05, 0) is 24.0 Å². The van der Waals surface area contributed by atoms with Crippen molar-refractivity contribution in [3.63, 3.8) is 0 Å². The van der Waals surface area contributed by atoms with Crippen LogP contribution in [0.1, 0.15) is 37.8 Å². The molecule has 0 aromatic heterocycles. The lowest BCUT2D eigenvalue weighted by Gasteiger charge is -2.37. The Hall–Kier alpha value is -1.39. The fourth-order valence-corrected chi connectivity index (χ4v) is 2.75. The first kappa shape index (κ1) is 16.0. The fourth-order valence-electron chi connectivity index (χ4n) is 2.75. The number of primary amides is 1.